The van der Waals surface area contributed by atoms with Gasteiger partial charge in [-0.15, -0.1) is 0 Å². The van der Waals surface area contributed by atoms with Gasteiger partial charge in [-0.2, -0.15) is 0 Å². The molecule has 0 spiro atoms. The fourth-order valence-corrected chi connectivity index (χ4v) is 2.85. The molecule has 1 aromatic carbocycles. The molecule has 1 aromatic heterocycles. The molecular weight excluding hydrogens is 212 g/mol. The lowest BCUT2D eigenvalue weighted by atomic mass is 9.97. The van der Waals surface area contributed by atoms with E-state index in [1.807, 2.05) is 6.26 Å². The van der Waals surface area contributed by atoms with Gasteiger partial charge in [-0.3, -0.25) is 0 Å². The highest BCUT2D eigenvalue weighted by atomic mass is 16.5. The molecule has 0 N–H and O–H groups in total. The van der Waals surface area contributed by atoms with Crippen LogP contribution in [0.5, 0.6) is 5.75 Å². The Kier molecular flexibility index (Phi) is 1.99. The van der Waals surface area contributed by atoms with Gasteiger partial charge in [-0.25, -0.2) is 0 Å². The van der Waals surface area contributed by atoms with Crippen LogP contribution in [0.3, 0.4) is 0 Å². The van der Waals surface area contributed by atoms with Crippen LogP contribution in [0.25, 0.3) is 11.0 Å². The summed E-state index contributed by atoms with van der Waals surface area (Å²) in [5.74, 6) is 1.97. The number of hydrogen-bond donors (Lipinski definition) is 0. The first-order chi connectivity index (χ1) is 8.42. The van der Waals surface area contributed by atoms with Crippen molar-refractivity contribution in [3.05, 3.63) is 29.5 Å². The molecule has 0 atom stereocenters. The van der Waals surface area contributed by atoms with Gasteiger partial charge in [-0.05, 0) is 55.7 Å². The fraction of sp³-hybridized carbons (Fsp3) is 0.467. The molecule has 0 bridgehead atoms. The molecule has 0 saturated heterocycles. The third-order valence-electron chi connectivity index (χ3n) is 3.92. The molecule has 1 aliphatic carbocycles. The van der Waals surface area contributed by atoms with Crippen LogP contribution in [-0.4, -0.2) is 6.61 Å². The van der Waals surface area contributed by atoms with Crippen LogP contribution in [0.2, 0.25) is 0 Å². The van der Waals surface area contributed by atoms with E-state index in [1.54, 1.807) is 0 Å². The molecule has 2 aliphatic rings. The summed E-state index contributed by atoms with van der Waals surface area (Å²) in [6.07, 6.45) is 8.17. The molecule has 4 rings (SSSR count). The smallest absolute Gasteiger partial charge is 0.134 e. The van der Waals surface area contributed by atoms with Gasteiger partial charge in [0.1, 0.15) is 11.3 Å². The van der Waals surface area contributed by atoms with Crippen molar-refractivity contribution in [2.24, 2.45) is 5.92 Å². The van der Waals surface area contributed by atoms with E-state index in [0.717, 1.165) is 36.7 Å². The molecule has 0 amide bonds. The Bertz CT molecular complexity index is 564. The van der Waals surface area contributed by atoms with E-state index in [2.05, 4.69) is 12.1 Å². The highest BCUT2D eigenvalue weighted by Gasteiger charge is 2.25. The molecule has 88 valence electrons. The van der Waals surface area contributed by atoms with Crippen molar-refractivity contribution < 1.29 is 9.15 Å². The minimum atomic E-state index is 0.855. The molecule has 0 unspecified atom stereocenters. The number of rotatable bonds is 2. The molecule has 17 heavy (non-hydrogen) atoms. The first-order valence-corrected chi connectivity index (χ1v) is 6.56. The van der Waals surface area contributed by atoms with Crippen LogP contribution in [0.15, 0.2) is 22.8 Å². The minimum Gasteiger partial charge on any atom is -0.493 e. The summed E-state index contributed by atoms with van der Waals surface area (Å²) in [6, 6.07) is 4.11. The van der Waals surface area contributed by atoms with Crippen molar-refractivity contribution in [2.45, 2.75) is 32.1 Å². The van der Waals surface area contributed by atoms with Gasteiger partial charge in [0, 0.05) is 10.9 Å². The SMILES string of the molecule is c1cc2occ(CC3CC3)c2c2c1OCCC2. The van der Waals surface area contributed by atoms with Crippen LogP contribution in [0, 0.1) is 5.92 Å². The summed E-state index contributed by atoms with van der Waals surface area (Å²) in [4.78, 5) is 0. The van der Waals surface area contributed by atoms with Gasteiger partial charge >= 0.3 is 0 Å². The number of hydrogen-bond acceptors (Lipinski definition) is 2. The zero-order valence-electron chi connectivity index (χ0n) is 9.87. The van der Waals surface area contributed by atoms with Gasteiger partial charge in [0.25, 0.3) is 0 Å². The maximum Gasteiger partial charge on any atom is 0.134 e. The zero-order chi connectivity index (χ0) is 11.2. The van der Waals surface area contributed by atoms with Crippen LogP contribution < -0.4 is 4.74 Å². The van der Waals surface area contributed by atoms with Crippen molar-refractivity contribution >= 4 is 11.0 Å². The lowest BCUT2D eigenvalue weighted by molar-refractivity contribution is 0.289. The van der Waals surface area contributed by atoms with E-state index in [9.17, 15) is 0 Å². The van der Waals surface area contributed by atoms with Crippen LogP contribution in [0.4, 0.5) is 0 Å². The zero-order valence-corrected chi connectivity index (χ0v) is 9.87. The average Bonchev–Trinajstić information content (AvgIpc) is 3.08. The van der Waals surface area contributed by atoms with Crippen molar-refractivity contribution in [3.8, 4) is 5.75 Å². The summed E-state index contributed by atoms with van der Waals surface area (Å²) in [5.41, 5.74) is 3.80. The first kappa shape index (κ1) is 9.58. The van der Waals surface area contributed by atoms with Gasteiger partial charge < -0.3 is 9.15 Å². The summed E-state index contributed by atoms with van der Waals surface area (Å²) >= 11 is 0. The Morgan fingerprint density at radius 2 is 2.18 bits per heavy atom. The number of benzene rings is 1. The van der Waals surface area contributed by atoms with Crippen LogP contribution in [-0.2, 0) is 12.8 Å². The predicted octanol–water partition coefficient (Wildman–Crippen LogP) is 3.71. The Labute approximate surface area is 101 Å². The quantitative estimate of drug-likeness (QED) is 0.781. The Balaban J connectivity index is 1.89. The van der Waals surface area contributed by atoms with E-state index < -0.39 is 0 Å². The molecule has 2 nitrogen and oxygen atoms in total. The lowest BCUT2D eigenvalue weighted by Crippen LogP contribution is -2.08. The molecule has 1 fully saturated rings. The minimum absolute atomic E-state index is 0.855. The predicted molar refractivity (Wildman–Crippen MR) is 66.5 cm³/mol. The molecule has 1 saturated carbocycles. The van der Waals surface area contributed by atoms with E-state index in [4.69, 9.17) is 9.15 Å². The standard InChI is InChI=1S/C15H16O2/c1-2-12-13(16-7-1)5-6-14-15(12)11(9-17-14)8-10-3-4-10/h5-6,9-10H,1-4,7-8H2. The van der Waals surface area contributed by atoms with E-state index in [0.29, 0.717) is 0 Å². The summed E-state index contributed by atoms with van der Waals surface area (Å²) in [5, 5.41) is 1.34. The largest absolute Gasteiger partial charge is 0.493 e. The van der Waals surface area contributed by atoms with Gasteiger partial charge in [0.2, 0.25) is 0 Å². The van der Waals surface area contributed by atoms with Gasteiger partial charge in [0.15, 0.2) is 0 Å². The van der Waals surface area contributed by atoms with Gasteiger partial charge in [0.05, 0.1) is 12.9 Å². The molecule has 0 radical (unpaired) electrons. The topological polar surface area (TPSA) is 22.4 Å². The Hall–Kier alpha value is -1.44. The fourth-order valence-electron chi connectivity index (χ4n) is 2.85. The molecule has 2 heteroatoms. The molecule has 2 heterocycles. The molecule has 1 aliphatic heterocycles. The van der Waals surface area contributed by atoms with Crippen molar-refractivity contribution in [2.75, 3.05) is 6.61 Å². The normalized spacial score (nSPS) is 19.1. The molecular formula is C15H16O2. The van der Waals surface area contributed by atoms with Gasteiger partial charge in [-0.1, -0.05) is 0 Å². The summed E-state index contributed by atoms with van der Waals surface area (Å²) in [6.45, 7) is 0.855. The Morgan fingerprint density at radius 3 is 3.06 bits per heavy atom. The summed E-state index contributed by atoms with van der Waals surface area (Å²) < 4.78 is 11.4. The van der Waals surface area contributed by atoms with Crippen LogP contribution >= 0.6 is 0 Å². The average molecular weight is 228 g/mol. The van der Waals surface area contributed by atoms with E-state index in [-0.39, 0.29) is 0 Å². The van der Waals surface area contributed by atoms with E-state index >= 15 is 0 Å². The second-order valence-corrected chi connectivity index (χ2v) is 5.28. The number of furan rings is 1. The highest BCUT2D eigenvalue weighted by Crippen LogP contribution is 2.39. The van der Waals surface area contributed by atoms with E-state index in [1.165, 1.54) is 35.8 Å². The maximum atomic E-state index is 5.73. The number of ether oxygens (including phenoxy) is 1. The lowest BCUT2D eigenvalue weighted by Gasteiger charge is -2.18. The Morgan fingerprint density at radius 1 is 1.24 bits per heavy atom. The monoisotopic (exact) mass is 228 g/mol. The third-order valence-corrected chi connectivity index (χ3v) is 3.92. The number of aryl methyl sites for hydroxylation is 1. The first-order valence-electron chi connectivity index (χ1n) is 6.56. The maximum absolute atomic E-state index is 5.73. The third kappa shape index (κ3) is 1.54. The molecule has 2 aromatic rings. The van der Waals surface area contributed by atoms with Crippen LogP contribution in [0.1, 0.15) is 30.4 Å². The second kappa shape index (κ2) is 3.52. The van der Waals surface area contributed by atoms with Crippen molar-refractivity contribution in [1.29, 1.82) is 0 Å². The summed E-state index contributed by atoms with van der Waals surface area (Å²) in [7, 11) is 0. The van der Waals surface area contributed by atoms with Crippen molar-refractivity contribution in [1.82, 2.24) is 0 Å². The van der Waals surface area contributed by atoms with Crippen molar-refractivity contribution in [3.63, 3.8) is 0 Å². The number of fused-ring (bicyclic) bond motifs is 3. The highest BCUT2D eigenvalue weighted by molar-refractivity contribution is 5.87. The second-order valence-electron chi connectivity index (χ2n) is 5.28.